The van der Waals surface area contributed by atoms with E-state index in [2.05, 4.69) is 5.10 Å². The van der Waals surface area contributed by atoms with Gasteiger partial charge in [0, 0.05) is 18.8 Å². The average Bonchev–Trinajstić information content (AvgIpc) is 2.54. The van der Waals surface area contributed by atoms with E-state index in [1.807, 2.05) is 0 Å². The first-order valence-electron chi connectivity index (χ1n) is 5.84. The van der Waals surface area contributed by atoms with Crippen LogP contribution in [0.4, 0.5) is 18.9 Å². The quantitative estimate of drug-likeness (QED) is 0.860. The predicted octanol–water partition coefficient (Wildman–Crippen LogP) is 3.43. The first kappa shape index (κ1) is 14.2. The van der Waals surface area contributed by atoms with E-state index in [1.165, 1.54) is 6.07 Å². The molecule has 0 bridgehead atoms. The number of aryl methyl sites for hydroxylation is 2. The topological polar surface area (TPSA) is 53.1 Å². The molecule has 0 aliphatic heterocycles. The molecule has 0 atom stereocenters. The first-order valence-corrected chi connectivity index (χ1v) is 5.84. The van der Waals surface area contributed by atoms with E-state index in [1.54, 1.807) is 25.6 Å². The number of halogens is 3. The van der Waals surface area contributed by atoms with E-state index in [-0.39, 0.29) is 11.4 Å². The van der Waals surface area contributed by atoms with Crippen molar-refractivity contribution < 1.29 is 17.9 Å². The van der Waals surface area contributed by atoms with Crippen LogP contribution in [0.3, 0.4) is 0 Å². The van der Waals surface area contributed by atoms with Gasteiger partial charge in [-0.05, 0) is 26.0 Å². The summed E-state index contributed by atoms with van der Waals surface area (Å²) >= 11 is 0. The van der Waals surface area contributed by atoms with Crippen LogP contribution in [-0.4, -0.2) is 9.78 Å². The number of hydrogen-bond acceptors (Lipinski definition) is 3. The van der Waals surface area contributed by atoms with Crippen molar-refractivity contribution >= 4 is 5.69 Å². The highest BCUT2D eigenvalue weighted by atomic mass is 19.4. The Bertz CT molecular complexity index is 647. The molecule has 1 heterocycles. The van der Waals surface area contributed by atoms with Gasteiger partial charge in [0.15, 0.2) is 5.75 Å². The van der Waals surface area contributed by atoms with Gasteiger partial charge in [-0.15, -0.1) is 0 Å². The van der Waals surface area contributed by atoms with E-state index in [0.717, 1.165) is 17.8 Å². The summed E-state index contributed by atoms with van der Waals surface area (Å²) in [5.41, 5.74) is 5.96. The molecule has 0 radical (unpaired) electrons. The fourth-order valence-electron chi connectivity index (χ4n) is 1.86. The Morgan fingerprint density at radius 1 is 1.20 bits per heavy atom. The van der Waals surface area contributed by atoms with Gasteiger partial charge >= 0.3 is 6.18 Å². The number of nitrogen functional groups attached to an aromatic ring is 1. The number of benzene rings is 1. The van der Waals surface area contributed by atoms with Gasteiger partial charge in [0.05, 0.1) is 11.3 Å². The third-order valence-electron chi connectivity index (χ3n) is 2.92. The molecule has 0 aliphatic carbocycles. The SMILES string of the molecule is Cc1nn(C)c(C)c1Oc1cc(N)cc(C(F)(F)F)c1. The molecule has 4 nitrogen and oxygen atoms in total. The molecular formula is C13H14F3N3O. The van der Waals surface area contributed by atoms with Crippen molar-refractivity contribution in [1.82, 2.24) is 9.78 Å². The van der Waals surface area contributed by atoms with Gasteiger partial charge in [-0.3, -0.25) is 4.68 Å². The highest BCUT2D eigenvalue weighted by Gasteiger charge is 2.31. The first-order chi connectivity index (χ1) is 9.18. The lowest BCUT2D eigenvalue weighted by atomic mass is 10.2. The van der Waals surface area contributed by atoms with Crippen molar-refractivity contribution in [3.05, 3.63) is 35.2 Å². The van der Waals surface area contributed by atoms with Crippen LogP contribution >= 0.6 is 0 Å². The van der Waals surface area contributed by atoms with Crippen molar-refractivity contribution in [1.29, 1.82) is 0 Å². The molecule has 7 heteroatoms. The second-order valence-electron chi connectivity index (χ2n) is 4.51. The molecule has 1 aromatic heterocycles. The molecule has 2 rings (SSSR count). The lowest BCUT2D eigenvalue weighted by Crippen LogP contribution is -2.06. The number of aromatic nitrogens is 2. The highest BCUT2D eigenvalue weighted by molar-refractivity contribution is 5.50. The third-order valence-corrected chi connectivity index (χ3v) is 2.92. The van der Waals surface area contributed by atoms with Crippen molar-refractivity contribution in [3.63, 3.8) is 0 Å². The standard InChI is InChI=1S/C13H14F3N3O/c1-7-12(8(2)19(3)18-7)20-11-5-9(13(14,15)16)4-10(17)6-11/h4-6H,17H2,1-3H3. The second kappa shape index (κ2) is 4.73. The molecule has 108 valence electrons. The molecule has 0 saturated carbocycles. The molecular weight excluding hydrogens is 271 g/mol. The highest BCUT2D eigenvalue weighted by Crippen LogP contribution is 2.36. The van der Waals surface area contributed by atoms with Gasteiger partial charge in [0.2, 0.25) is 0 Å². The largest absolute Gasteiger partial charge is 0.453 e. The van der Waals surface area contributed by atoms with Crippen LogP contribution in [-0.2, 0) is 13.2 Å². The molecule has 1 aromatic carbocycles. The summed E-state index contributed by atoms with van der Waals surface area (Å²) in [5, 5.41) is 4.14. The minimum atomic E-state index is -4.47. The number of alkyl halides is 3. The summed E-state index contributed by atoms with van der Waals surface area (Å²) in [6.45, 7) is 3.49. The van der Waals surface area contributed by atoms with Gasteiger partial charge in [-0.25, -0.2) is 0 Å². The number of hydrogen-bond donors (Lipinski definition) is 1. The van der Waals surface area contributed by atoms with Gasteiger partial charge in [-0.1, -0.05) is 0 Å². The van der Waals surface area contributed by atoms with Crippen molar-refractivity contribution in [2.75, 3.05) is 5.73 Å². The van der Waals surface area contributed by atoms with E-state index >= 15 is 0 Å². The summed E-state index contributed by atoms with van der Waals surface area (Å²) < 4.78 is 45.3. The zero-order valence-corrected chi connectivity index (χ0v) is 11.2. The smallest absolute Gasteiger partial charge is 0.416 e. The van der Waals surface area contributed by atoms with Crippen molar-refractivity contribution in [2.45, 2.75) is 20.0 Å². The van der Waals surface area contributed by atoms with Crippen molar-refractivity contribution in [2.24, 2.45) is 7.05 Å². The second-order valence-corrected chi connectivity index (χ2v) is 4.51. The Hall–Kier alpha value is -2.18. The molecule has 0 aliphatic rings. The molecule has 2 aromatic rings. The minimum absolute atomic E-state index is 0.00554. The Kier molecular flexibility index (Phi) is 3.37. The summed E-state index contributed by atoms with van der Waals surface area (Å²) in [4.78, 5) is 0. The van der Waals surface area contributed by atoms with Gasteiger partial charge in [0.1, 0.15) is 11.4 Å². The fourth-order valence-corrected chi connectivity index (χ4v) is 1.86. The summed E-state index contributed by atoms with van der Waals surface area (Å²) in [6, 6.07) is 3.14. The lowest BCUT2D eigenvalue weighted by Gasteiger charge is -2.11. The van der Waals surface area contributed by atoms with Crippen LogP contribution < -0.4 is 10.5 Å². The predicted molar refractivity (Wildman–Crippen MR) is 68.6 cm³/mol. The Balaban J connectivity index is 2.41. The summed E-state index contributed by atoms with van der Waals surface area (Å²) in [7, 11) is 1.73. The maximum Gasteiger partial charge on any atom is 0.416 e. The number of rotatable bonds is 2. The van der Waals surface area contributed by atoms with E-state index < -0.39 is 11.7 Å². The zero-order chi connectivity index (χ0) is 15.1. The molecule has 20 heavy (non-hydrogen) atoms. The maximum absolute atomic E-state index is 12.7. The lowest BCUT2D eigenvalue weighted by molar-refractivity contribution is -0.137. The summed E-state index contributed by atoms with van der Waals surface area (Å²) in [5.74, 6) is 0.475. The molecule has 0 unspecified atom stereocenters. The van der Waals surface area contributed by atoms with E-state index in [9.17, 15) is 13.2 Å². The van der Waals surface area contributed by atoms with Crippen LogP contribution in [0.5, 0.6) is 11.5 Å². The number of ether oxygens (including phenoxy) is 1. The van der Waals surface area contributed by atoms with Gasteiger partial charge < -0.3 is 10.5 Å². The summed E-state index contributed by atoms with van der Waals surface area (Å²) in [6.07, 6.45) is -4.47. The molecule has 0 fully saturated rings. The number of nitrogens with zero attached hydrogens (tertiary/aromatic N) is 2. The molecule has 2 N–H and O–H groups in total. The van der Waals surface area contributed by atoms with Crippen LogP contribution in [0.25, 0.3) is 0 Å². The maximum atomic E-state index is 12.7. The Morgan fingerprint density at radius 2 is 1.85 bits per heavy atom. The molecule has 0 amide bonds. The van der Waals surface area contributed by atoms with Crippen LogP contribution in [0.1, 0.15) is 17.0 Å². The Morgan fingerprint density at radius 3 is 2.35 bits per heavy atom. The Labute approximate surface area is 114 Å². The van der Waals surface area contributed by atoms with Crippen molar-refractivity contribution in [3.8, 4) is 11.5 Å². The number of nitrogens with two attached hydrogens (primary N) is 1. The molecule has 0 saturated heterocycles. The minimum Gasteiger partial charge on any atom is -0.453 e. The van der Waals surface area contributed by atoms with Crippen LogP contribution in [0.2, 0.25) is 0 Å². The number of anilines is 1. The normalized spacial score (nSPS) is 11.7. The monoisotopic (exact) mass is 285 g/mol. The van der Waals surface area contributed by atoms with Crippen LogP contribution in [0, 0.1) is 13.8 Å². The van der Waals surface area contributed by atoms with Gasteiger partial charge in [-0.2, -0.15) is 18.3 Å². The van der Waals surface area contributed by atoms with E-state index in [0.29, 0.717) is 11.4 Å². The van der Waals surface area contributed by atoms with Crippen LogP contribution in [0.15, 0.2) is 18.2 Å². The third kappa shape index (κ3) is 2.71. The zero-order valence-electron chi connectivity index (χ0n) is 11.2. The van der Waals surface area contributed by atoms with Gasteiger partial charge in [0.25, 0.3) is 0 Å². The average molecular weight is 285 g/mol. The fraction of sp³-hybridized carbons (Fsp3) is 0.308. The molecule has 0 spiro atoms. The van der Waals surface area contributed by atoms with E-state index in [4.69, 9.17) is 10.5 Å².